The summed E-state index contributed by atoms with van der Waals surface area (Å²) in [5.41, 5.74) is -0.0871. The van der Waals surface area contributed by atoms with Crippen LogP contribution in [-0.4, -0.2) is 49.3 Å². The molecular formula is C15H27NO3. The standard InChI is InChI=1S/C15H27NO3/c1-19-10-4-8-15(12-17)7-3-9-16(11-15)14(18)13-5-2-6-13/h13,17H,2-12H2,1H3/t15-/m1/s1. The van der Waals surface area contributed by atoms with E-state index < -0.39 is 0 Å². The summed E-state index contributed by atoms with van der Waals surface area (Å²) >= 11 is 0. The number of piperidine rings is 1. The fraction of sp³-hybridized carbons (Fsp3) is 0.933. The van der Waals surface area contributed by atoms with Gasteiger partial charge in [0.25, 0.3) is 0 Å². The molecule has 0 unspecified atom stereocenters. The number of aliphatic hydroxyl groups excluding tert-OH is 1. The predicted octanol–water partition coefficient (Wildman–Crippen LogP) is 1.81. The summed E-state index contributed by atoms with van der Waals surface area (Å²) < 4.78 is 5.10. The maximum absolute atomic E-state index is 12.3. The molecule has 4 nitrogen and oxygen atoms in total. The first-order chi connectivity index (χ1) is 9.21. The van der Waals surface area contributed by atoms with Gasteiger partial charge in [-0.25, -0.2) is 0 Å². The van der Waals surface area contributed by atoms with Crippen molar-refractivity contribution in [3.63, 3.8) is 0 Å². The summed E-state index contributed by atoms with van der Waals surface area (Å²) in [6.45, 7) is 2.54. The molecule has 1 aliphatic carbocycles. The summed E-state index contributed by atoms with van der Waals surface area (Å²) in [5, 5.41) is 9.77. The lowest BCUT2D eigenvalue weighted by molar-refractivity contribution is -0.142. The van der Waals surface area contributed by atoms with Crippen LogP contribution in [0.5, 0.6) is 0 Å². The summed E-state index contributed by atoms with van der Waals surface area (Å²) in [5.74, 6) is 0.601. The van der Waals surface area contributed by atoms with Gasteiger partial charge in [0.05, 0.1) is 6.61 Å². The van der Waals surface area contributed by atoms with E-state index in [0.717, 1.165) is 58.2 Å². The summed E-state index contributed by atoms with van der Waals surface area (Å²) in [7, 11) is 1.71. The van der Waals surface area contributed by atoms with Gasteiger partial charge in [-0.2, -0.15) is 0 Å². The Morgan fingerprint density at radius 2 is 2.21 bits per heavy atom. The van der Waals surface area contributed by atoms with E-state index in [1.807, 2.05) is 4.90 Å². The number of aliphatic hydroxyl groups is 1. The van der Waals surface area contributed by atoms with Crippen LogP contribution in [-0.2, 0) is 9.53 Å². The average Bonchev–Trinajstić information content (AvgIpc) is 2.37. The molecule has 1 atom stereocenters. The first-order valence-electron chi connectivity index (χ1n) is 7.59. The second-order valence-electron chi connectivity index (χ2n) is 6.25. The molecule has 0 aromatic rings. The summed E-state index contributed by atoms with van der Waals surface area (Å²) in [4.78, 5) is 14.3. The number of likely N-dealkylation sites (tertiary alicyclic amines) is 1. The third kappa shape index (κ3) is 3.48. The zero-order chi connectivity index (χ0) is 13.7. The topological polar surface area (TPSA) is 49.8 Å². The SMILES string of the molecule is COCCC[C@]1(CO)CCCN(C(=O)C2CCC2)C1. The minimum absolute atomic E-state index is 0.0871. The van der Waals surface area contributed by atoms with Gasteiger partial charge in [-0.05, 0) is 38.5 Å². The van der Waals surface area contributed by atoms with Crippen molar-refractivity contribution >= 4 is 5.91 Å². The van der Waals surface area contributed by atoms with E-state index in [0.29, 0.717) is 5.91 Å². The van der Waals surface area contributed by atoms with Gasteiger partial charge in [0.1, 0.15) is 0 Å². The summed E-state index contributed by atoms with van der Waals surface area (Å²) in [6, 6.07) is 0. The zero-order valence-electron chi connectivity index (χ0n) is 12.1. The third-order valence-corrected chi connectivity index (χ3v) is 4.82. The Morgan fingerprint density at radius 3 is 2.79 bits per heavy atom. The Kier molecular flexibility index (Phi) is 5.22. The van der Waals surface area contributed by atoms with E-state index >= 15 is 0 Å². The molecule has 1 amide bonds. The van der Waals surface area contributed by atoms with Gasteiger partial charge in [0, 0.05) is 38.1 Å². The molecule has 0 radical (unpaired) electrons. The van der Waals surface area contributed by atoms with Crippen molar-refractivity contribution in [3.8, 4) is 0 Å². The van der Waals surface area contributed by atoms with E-state index in [4.69, 9.17) is 4.74 Å². The van der Waals surface area contributed by atoms with E-state index in [-0.39, 0.29) is 17.9 Å². The smallest absolute Gasteiger partial charge is 0.225 e. The quantitative estimate of drug-likeness (QED) is 0.748. The number of hydrogen-bond donors (Lipinski definition) is 1. The van der Waals surface area contributed by atoms with Crippen LogP contribution >= 0.6 is 0 Å². The molecule has 2 fully saturated rings. The lowest BCUT2D eigenvalue weighted by atomic mass is 9.76. The molecule has 4 heteroatoms. The highest BCUT2D eigenvalue weighted by Gasteiger charge is 2.38. The second kappa shape index (κ2) is 6.71. The fourth-order valence-corrected chi connectivity index (χ4v) is 3.31. The van der Waals surface area contributed by atoms with Crippen molar-refractivity contribution in [1.29, 1.82) is 0 Å². The second-order valence-corrected chi connectivity index (χ2v) is 6.25. The Bertz CT molecular complexity index is 304. The Hall–Kier alpha value is -0.610. The molecule has 1 saturated carbocycles. The van der Waals surface area contributed by atoms with E-state index in [9.17, 15) is 9.90 Å². The number of carbonyl (C=O) groups is 1. The molecule has 110 valence electrons. The number of ether oxygens (including phenoxy) is 1. The minimum atomic E-state index is -0.0871. The lowest BCUT2D eigenvalue weighted by Crippen LogP contribution is -2.50. The molecule has 1 aliphatic heterocycles. The van der Waals surface area contributed by atoms with Crippen LogP contribution in [0.4, 0.5) is 0 Å². The molecule has 2 rings (SSSR count). The van der Waals surface area contributed by atoms with Gasteiger partial charge in [-0.1, -0.05) is 6.42 Å². The highest BCUT2D eigenvalue weighted by atomic mass is 16.5. The molecule has 2 aliphatic rings. The largest absolute Gasteiger partial charge is 0.396 e. The van der Waals surface area contributed by atoms with Crippen LogP contribution in [0.1, 0.15) is 44.9 Å². The van der Waals surface area contributed by atoms with Crippen LogP contribution in [0.3, 0.4) is 0 Å². The van der Waals surface area contributed by atoms with Gasteiger partial charge in [-0.3, -0.25) is 4.79 Å². The van der Waals surface area contributed by atoms with Gasteiger partial charge in [0.15, 0.2) is 0 Å². The van der Waals surface area contributed by atoms with Gasteiger partial charge >= 0.3 is 0 Å². The van der Waals surface area contributed by atoms with Crippen molar-refractivity contribution in [1.82, 2.24) is 4.90 Å². The number of rotatable bonds is 6. The first kappa shape index (κ1) is 14.8. The van der Waals surface area contributed by atoms with E-state index in [1.54, 1.807) is 7.11 Å². The van der Waals surface area contributed by atoms with Crippen LogP contribution in [0.15, 0.2) is 0 Å². The molecule has 1 saturated heterocycles. The Balaban J connectivity index is 1.90. The minimum Gasteiger partial charge on any atom is -0.396 e. The number of carbonyl (C=O) groups excluding carboxylic acids is 1. The van der Waals surface area contributed by atoms with Crippen molar-refractivity contribution in [2.75, 3.05) is 33.4 Å². The molecule has 19 heavy (non-hydrogen) atoms. The zero-order valence-corrected chi connectivity index (χ0v) is 12.1. The number of amides is 1. The van der Waals surface area contributed by atoms with Crippen LogP contribution in [0.2, 0.25) is 0 Å². The monoisotopic (exact) mass is 269 g/mol. The molecule has 1 N–H and O–H groups in total. The molecule has 0 aromatic carbocycles. The molecule has 0 spiro atoms. The van der Waals surface area contributed by atoms with E-state index in [1.165, 1.54) is 6.42 Å². The van der Waals surface area contributed by atoms with Crippen LogP contribution < -0.4 is 0 Å². The highest BCUT2D eigenvalue weighted by molar-refractivity contribution is 5.79. The number of hydrogen-bond acceptors (Lipinski definition) is 3. The van der Waals surface area contributed by atoms with Gasteiger partial charge < -0.3 is 14.7 Å². The van der Waals surface area contributed by atoms with Crippen molar-refractivity contribution < 1.29 is 14.6 Å². The fourth-order valence-electron chi connectivity index (χ4n) is 3.31. The number of nitrogens with zero attached hydrogens (tertiary/aromatic N) is 1. The van der Waals surface area contributed by atoms with Crippen molar-refractivity contribution in [2.45, 2.75) is 44.9 Å². The highest BCUT2D eigenvalue weighted by Crippen LogP contribution is 2.36. The van der Waals surface area contributed by atoms with Crippen LogP contribution in [0.25, 0.3) is 0 Å². The Morgan fingerprint density at radius 1 is 1.42 bits per heavy atom. The normalized spacial score (nSPS) is 28.2. The molecule has 0 aromatic heterocycles. The number of methoxy groups -OCH3 is 1. The first-order valence-corrected chi connectivity index (χ1v) is 7.59. The maximum atomic E-state index is 12.3. The maximum Gasteiger partial charge on any atom is 0.225 e. The van der Waals surface area contributed by atoms with Crippen molar-refractivity contribution in [2.24, 2.45) is 11.3 Å². The average molecular weight is 269 g/mol. The molecule has 0 bridgehead atoms. The third-order valence-electron chi connectivity index (χ3n) is 4.82. The van der Waals surface area contributed by atoms with E-state index in [2.05, 4.69) is 0 Å². The lowest BCUT2D eigenvalue weighted by Gasteiger charge is -2.44. The molecule has 1 heterocycles. The van der Waals surface area contributed by atoms with Crippen molar-refractivity contribution in [3.05, 3.63) is 0 Å². The van der Waals surface area contributed by atoms with Gasteiger partial charge in [-0.15, -0.1) is 0 Å². The van der Waals surface area contributed by atoms with Crippen LogP contribution in [0, 0.1) is 11.3 Å². The summed E-state index contributed by atoms with van der Waals surface area (Å²) in [6.07, 6.45) is 7.28. The Labute approximate surface area is 116 Å². The molecular weight excluding hydrogens is 242 g/mol. The van der Waals surface area contributed by atoms with Gasteiger partial charge in [0.2, 0.25) is 5.91 Å². The predicted molar refractivity (Wildman–Crippen MR) is 73.8 cm³/mol.